The van der Waals surface area contributed by atoms with Crippen molar-refractivity contribution in [2.45, 2.75) is 32.2 Å². The van der Waals surface area contributed by atoms with Gasteiger partial charge in [-0.3, -0.25) is 4.79 Å². The monoisotopic (exact) mass is 453 g/mol. The summed E-state index contributed by atoms with van der Waals surface area (Å²) >= 11 is 0. The Hall–Kier alpha value is -3.86. The summed E-state index contributed by atoms with van der Waals surface area (Å²) in [5.74, 6) is 1.33. The van der Waals surface area contributed by atoms with Crippen LogP contribution >= 0.6 is 0 Å². The first kappa shape index (κ1) is 23.3. The maximum atomic E-state index is 13.8. The maximum absolute atomic E-state index is 13.8. The lowest BCUT2D eigenvalue weighted by molar-refractivity contribution is 0.0926. The smallest absolute Gasteiger partial charge is 0.270 e. The second-order valence-corrected chi connectivity index (χ2v) is 8.37. The topological polar surface area (TPSA) is 56.1 Å². The van der Waals surface area contributed by atoms with Gasteiger partial charge in [0.15, 0.2) is 0 Å². The van der Waals surface area contributed by atoms with E-state index in [1.165, 1.54) is 0 Å². The Kier molecular flexibility index (Phi) is 7.43. The molecule has 5 heteroatoms. The molecule has 1 N–H and O–H groups in total. The van der Waals surface area contributed by atoms with E-state index < -0.39 is 0 Å². The van der Waals surface area contributed by atoms with Crippen molar-refractivity contribution in [2.75, 3.05) is 7.11 Å². The molecule has 1 aromatic heterocycles. The number of amides is 1. The quantitative estimate of drug-likeness (QED) is 0.318. The van der Waals surface area contributed by atoms with Crippen LogP contribution in [0.25, 0.3) is 22.6 Å². The minimum absolute atomic E-state index is 0.0677. The minimum atomic E-state index is -0.139. The molecule has 0 bridgehead atoms. The molecule has 0 spiro atoms. The summed E-state index contributed by atoms with van der Waals surface area (Å²) in [6.07, 6.45) is 2.98. The van der Waals surface area contributed by atoms with Gasteiger partial charge in [-0.05, 0) is 24.1 Å². The summed E-state index contributed by atoms with van der Waals surface area (Å²) < 4.78 is 7.32. The number of hydrogen-bond donors (Lipinski definition) is 1. The van der Waals surface area contributed by atoms with Crippen LogP contribution in [-0.4, -0.2) is 22.6 Å². The van der Waals surface area contributed by atoms with Crippen LogP contribution in [-0.2, 0) is 7.05 Å². The number of methoxy groups -OCH3 is 1. The molecule has 0 saturated heterocycles. The molecule has 1 unspecified atom stereocenters. The first-order chi connectivity index (χ1) is 16.6. The van der Waals surface area contributed by atoms with E-state index in [9.17, 15) is 4.79 Å². The van der Waals surface area contributed by atoms with Gasteiger partial charge in [-0.1, -0.05) is 92.6 Å². The molecule has 0 aliphatic rings. The molecule has 1 heterocycles. The molecule has 0 aliphatic carbocycles. The standard InChI is InChI=1S/C29H31N3O2/c1-4-5-19-25(21-13-8-6-9-14-21)30-29(33)27-26(23-17-12-18-24(20-23)34-3)31-28(32(27)2)22-15-10-7-11-16-22/h6-18,20,25H,4-5,19H2,1-3H3,(H,30,33). The molecule has 4 rings (SSSR count). The van der Waals surface area contributed by atoms with Gasteiger partial charge in [-0.25, -0.2) is 4.98 Å². The van der Waals surface area contributed by atoms with Crippen molar-refractivity contribution in [2.24, 2.45) is 7.05 Å². The average Bonchev–Trinajstić information content (AvgIpc) is 3.24. The van der Waals surface area contributed by atoms with Crippen molar-refractivity contribution < 1.29 is 9.53 Å². The van der Waals surface area contributed by atoms with Crippen molar-refractivity contribution in [1.82, 2.24) is 14.9 Å². The SMILES string of the molecule is CCCCC(NC(=O)c1c(-c2cccc(OC)c2)nc(-c2ccccc2)n1C)c1ccccc1. The number of carbonyl (C=O) groups is 1. The number of unbranched alkanes of at least 4 members (excludes halogenated alkanes) is 1. The summed E-state index contributed by atoms with van der Waals surface area (Å²) in [6, 6.07) is 27.7. The van der Waals surface area contributed by atoms with Crippen LogP contribution in [0.4, 0.5) is 0 Å². The van der Waals surface area contributed by atoms with E-state index in [0.29, 0.717) is 11.4 Å². The number of imidazole rings is 1. The second kappa shape index (κ2) is 10.8. The lowest BCUT2D eigenvalue weighted by Gasteiger charge is -2.20. The molecule has 0 radical (unpaired) electrons. The molecular weight excluding hydrogens is 422 g/mol. The second-order valence-electron chi connectivity index (χ2n) is 8.37. The summed E-state index contributed by atoms with van der Waals surface area (Å²) in [7, 11) is 3.54. The van der Waals surface area contributed by atoms with E-state index in [1.54, 1.807) is 7.11 Å². The van der Waals surface area contributed by atoms with Crippen LogP contribution in [0.15, 0.2) is 84.9 Å². The third-order valence-electron chi connectivity index (χ3n) is 6.04. The first-order valence-corrected chi connectivity index (χ1v) is 11.7. The van der Waals surface area contributed by atoms with Crippen molar-refractivity contribution in [3.05, 3.63) is 96.2 Å². The number of nitrogens with zero attached hydrogens (tertiary/aromatic N) is 2. The number of nitrogens with one attached hydrogen (secondary N) is 1. The van der Waals surface area contributed by atoms with Crippen LogP contribution < -0.4 is 10.1 Å². The number of aromatic nitrogens is 2. The Morgan fingerprint density at radius 2 is 1.65 bits per heavy atom. The van der Waals surface area contributed by atoms with Gasteiger partial charge < -0.3 is 14.6 Å². The molecule has 1 atom stereocenters. The van der Waals surface area contributed by atoms with Crippen molar-refractivity contribution >= 4 is 5.91 Å². The van der Waals surface area contributed by atoms with Gasteiger partial charge in [0, 0.05) is 18.2 Å². The zero-order valence-corrected chi connectivity index (χ0v) is 20.0. The molecule has 5 nitrogen and oxygen atoms in total. The Labute approximate surface area is 201 Å². The summed E-state index contributed by atoms with van der Waals surface area (Å²) in [4.78, 5) is 18.7. The molecule has 174 valence electrons. The maximum Gasteiger partial charge on any atom is 0.270 e. The molecule has 4 aromatic rings. The fourth-order valence-electron chi connectivity index (χ4n) is 4.22. The van der Waals surface area contributed by atoms with Crippen LogP contribution in [0.1, 0.15) is 48.3 Å². The predicted octanol–water partition coefficient (Wildman–Crippen LogP) is 6.42. The molecular formula is C29H31N3O2. The Morgan fingerprint density at radius 1 is 0.971 bits per heavy atom. The predicted molar refractivity (Wildman–Crippen MR) is 137 cm³/mol. The number of ether oxygens (including phenoxy) is 1. The molecule has 34 heavy (non-hydrogen) atoms. The van der Waals surface area contributed by atoms with E-state index in [1.807, 2.05) is 84.4 Å². The highest BCUT2D eigenvalue weighted by atomic mass is 16.5. The highest BCUT2D eigenvalue weighted by Gasteiger charge is 2.25. The van der Waals surface area contributed by atoms with Gasteiger partial charge in [0.25, 0.3) is 5.91 Å². The third kappa shape index (κ3) is 5.04. The van der Waals surface area contributed by atoms with Gasteiger partial charge >= 0.3 is 0 Å². The fourth-order valence-corrected chi connectivity index (χ4v) is 4.22. The molecule has 1 amide bonds. The van der Waals surface area contributed by atoms with Crippen LogP contribution in [0.2, 0.25) is 0 Å². The Bertz CT molecular complexity index is 1230. The third-order valence-corrected chi connectivity index (χ3v) is 6.04. The average molecular weight is 454 g/mol. The fraction of sp³-hybridized carbons (Fsp3) is 0.241. The lowest BCUT2D eigenvalue weighted by atomic mass is 10.0. The highest BCUT2D eigenvalue weighted by molar-refractivity contribution is 5.99. The van der Waals surface area contributed by atoms with E-state index >= 15 is 0 Å². The van der Waals surface area contributed by atoms with E-state index in [2.05, 4.69) is 24.4 Å². The van der Waals surface area contributed by atoms with Crippen molar-refractivity contribution in [1.29, 1.82) is 0 Å². The number of hydrogen-bond acceptors (Lipinski definition) is 3. The van der Waals surface area contributed by atoms with E-state index in [0.717, 1.165) is 47.5 Å². The lowest BCUT2D eigenvalue weighted by Crippen LogP contribution is -2.30. The molecule has 0 aliphatic heterocycles. The normalized spacial score (nSPS) is 11.7. The largest absolute Gasteiger partial charge is 0.497 e. The summed E-state index contributed by atoms with van der Waals surface area (Å²) in [5, 5.41) is 3.30. The number of carbonyl (C=O) groups excluding carboxylic acids is 1. The Balaban J connectivity index is 1.78. The molecule has 0 saturated carbocycles. The van der Waals surface area contributed by atoms with E-state index in [-0.39, 0.29) is 11.9 Å². The zero-order chi connectivity index (χ0) is 23.9. The Morgan fingerprint density at radius 3 is 2.32 bits per heavy atom. The number of rotatable bonds is 9. The first-order valence-electron chi connectivity index (χ1n) is 11.7. The van der Waals surface area contributed by atoms with Gasteiger partial charge in [0.05, 0.1) is 13.2 Å². The highest BCUT2D eigenvalue weighted by Crippen LogP contribution is 2.31. The van der Waals surface area contributed by atoms with E-state index in [4.69, 9.17) is 9.72 Å². The van der Waals surface area contributed by atoms with Crippen molar-refractivity contribution in [3.63, 3.8) is 0 Å². The molecule has 3 aromatic carbocycles. The summed E-state index contributed by atoms with van der Waals surface area (Å²) in [6.45, 7) is 2.16. The summed E-state index contributed by atoms with van der Waals surface area (Å²) in [5.41, 5.74) is 4.08. The molecule has 0 fully saturated rings. The van der Waals surface area contributed by atoms with Gasteiger partial charge in [0.2, 0.25) is 0 Å². The van der Waals surface area contributed by atoms with Crippen LogP contribution in [0, 0.1) is 0 Å². The van der Waals surface area contributed by atoms with Crippen LogP contribution in [0.5, 0.6) is 5.75 Å². The number of benzene rings is 3. The van der Waals surface area contributed by atoms with Gasteiger partial charge in [-0.2, -0.15) is 0 Å². The van der Waals surface area contributed by atoms with Crippen molar-refractivity contribution in [3.8, 4) is 28.4 Å². The van der Waals surface area contributed by atoms with Gasteiger partial charge in [-0.15, -0.1) is 0 Å². The van der Waals surface area contributed by atoms with Gasteiger partial charge in [0.1, 0.15) is 23.0 Å². The minimum Gasteiger partial charge on any atom is -0.497 e. The zero-order valence-electron chi connectivity index (χ0n) is 20.0. The van der Waals surface area contributed by atoms with Crippen LogP contribution in [0.3, 0.4) is 0 Å².